The molecule has 1 aromatic carbocycles. The highest BCUT2D eigenvalue weighted by atomic mass is 16.1. The molecule has 1 N–H and O–H groups in total. The summed E-state index contributed by atoms with van der Waals surface area (Å²) in [5.41, 5.74) is 1.55. The van der Waals surface area contributed by atoms with Gasteiger partial charge in [0.15, 0.2) is 0 Å². The molecule has 0 aliphatic carbocycles. The summed E-state index contributed by atoms with van der Waals surface area (Å²) in [6.07, 6.45) is 11.5. The number of fused-ring (bicyclic) bond motifs is 1. The lowest BCUT2D eigenvalue weighted by atomic mass is 10.0. The molecule has 0 saturated heterocycles. The molecule has 0 bridgehead atoms. The van der Waals surface area contributed by atoms with Crippen molar-refractivity contribution in [1.29, 1.82) is 0 Å². The topological polar surface area (TPSA) is 81.8 Å². The number of carbonyl (C=O) groups excluding carboxylic acids is 1. The average Bonchev–Trinajstić information content (AvgIpc) is 3.20. The summed E-state index contributed by atoms with van der Waals surface area (Å²) in [7, 11) is 0. The molecule has 2 heterocycles. The lowest BCUT2D eigenvalue weighted by Gasteiger charge is -2.12. The first kappa shape index (κ1) is 20.5. The highest BCUT2D eigenvalue weighted by Crippen LogP contribution is 2.17. The third-order valence-electron chi connectivity index (χ3n) is 4.86. The number of aromatic nitrogens is 4. The Balaban J connectivity index is 1.61. The number of aryl methyl sites for hydroxylation is 1. The van der Waals surface area contributed by atoms with E-state index in [1.54, 1.807) is 12.5 Å². The Morgan fingerprint density at radius 2 is 2.07 bits per heavy atom. The van der Waals surface area contributed by atoms with Crippen LogP contribution in [0.2, 0.25) is 0 Å². The van der Waals surface area contributed by atoms with Crippen molar-refractivity contribution in [2.75, 3.05) is 0 Å². The maximum atomic E-state index is 12.7. The highest BCUT2D eigenvalue weighted by Gasteiger charge is 2.08. The quantitative estimate of drug-likeness (QED) is 0.596. The summed E-state index contributed by atoms with van der Waals surface area (Å²) in [5.74, 6) is 0.0899. The molecule has 1 amide bonds. The number of hydrogen-bond donors (Lipinski definition) is 1. The Morgan fingerprint density at radius 3 is 2.79 bits per heavy atom. The van der Waals surface area contributed by atoms with Crippen molar-refractivity contribution in [2.45, 2.75) is 52.1 Å². The van der Waals surface area contributed by atoms with Gasteiger partial charge in [-0.05, 0) is 43.4 Å². The molecule has 2 aromatic heterocycles. The predicted molar refractivity (Wildman–Crippen MR) is 114 cm³/mol. The van der Waals surface area contributed by atoms with Gasteiger partial charge in [0.2, 0.25) is 5.91 Å². The van der Waals surface area contributed by atoms with Crippen molar-refractivity contribution in [1.82, 2.24) is 24.4 Å². The smallest absolute Gasteiger partial charge is 0.265 e. The van der Waals surface area contributed by atoms with Crippen LogP contribution in [0.15, 0.2) is 54.1 Å². The van der Waals surface area contributed by atoms with Gasteiger partial charge in [0.1, 0.15) is 6.33 Å². The second kappa shape index (κ2) is 9.32. The summed E-state index contributed by atoms with van der Waals surface area (Å²) in [6, 6.07) is 5.76. The lowest BCUT2D eigenvalue weighted by molar-refractivity contribution is -0.117. The molecule has 7 nitrogen and oxygen atoms in total. The fourth-order valence-corrected chi connectivity index (χ4v) is 3.13. The van der Waals surface area contributed by atoms with Crippen molar-refractivity contribution in [3.63, 3.8) is 0 Å². The van der Waals surface area contributed by atoms with E-state index in [1.165, 1.54) is 23.2 Å². The Hall–Kier alpha value is -3.22. The van der Waals surface area contributed by atoms with E-state index in [0.29, 0.717) is 16.8 Å². The predicted octanol–water partition coefficient (Wildman–Crippen LogP) is 3.17. The van der Waals surface area contributed by atoms with Crippen molar-refractivity contribution in [3.05, 3.63) is 65.2 Å². The fraction of sp³-hybridized carbons (Fsp3) is 0.364. The SMILES string of the molecule is CC(CCCn1ccnc1)NC(=O)/C=C/n1cnc2ccc(C(C)C)cc2c1=O. The van der Waals surface area contributed by atoms with Gasteiger partial charge >= 0.3 is 0 Å². The minimum atomic E-state index is -0.233. The maximum absolute atomic E-state index is 12.7. The minimum absolute atomic E-state index is 0.0377. The van der Waals surface area contributed by atoms with E-state index in [2.05, 4.69) is 29.1 Å². The van der Waals surface area contributed by atoms with Crippen LogP contribution in [0.4, 0.5) is 0 Å². The van der Waals surface area contributed by atoms with Crippen molar-refractivity contribution >= 4 is 23.0 Å². The molecule has 1 unspecified atom stereocenters. The van der Waals surface area contributed by atoms with Crippen LogP contribution >= 0.6 is 0 Å². The van der Waals surface area contributed by atoms with E-state index < -0.39 is 0 Å². The van der Waals surface area contributed by atoms with E-state index in [1.807, 2.05) is 35.9 Å². The van der Waals surface area contributed by atoms with Crippen LogP contribution < -0.4 is 10.9 Å². The largest absolute Gasteiger partial charge is 0.350 e. The molecule has 0 radical (unpaired) electrons. The van der Waals surface area contributed by atoms with Crippen LogP contribution in [-0.2, 0) is 11.3 Å². The van der Waals surface area contributed by atoms with E-state index >= 15 is 0 Å². The molecule has 0 aliphatic heterocycles. The number of carbonyl (C=O) groups is 1. The Bertz CT molecular complexity index is 1050. The van der Waals surface area contributed by atoms with E-state index in [-0.39, 0.29) is 17.5 Å². The van der Waals surface area contributed by atoms with Gasteiger partial charge in [-0.2, -0.15) is 0 Å². The lowest BCUT2D eigenvalue weighted by Crippen LogP contribution is -2.31. The van der Waals surface area contributed by atoms with Crippen LogP contribution in [0, 0.1) is 0 Å². The molecule has 152 valence electrons. The molecule has 0 aliphatic rings. The van der Waals surface area contributed by atoms with Crippen molar-refractivity contribution < 1.29 is 4.79 Å². The molecule has 0 fully saturated rings. The second-order valence-electron chi connectivity index (χ2n) is 7.56. The average molecular weight is 393 g/mol. The van der Waals surface area contributed by atoms with Crippen LogP contribution in [0.25, 0.3) is 17.1 Å². The number of benzene rings is 1. The van der Waals surface area contributed by atoms with Gasteiger partial charge in [-0.1, -0.05) is 19.9 Å². The summed E-state index contributed by atoms with van der Waals surface area (Å²) in [6.45, 7) is 7.00. The van der Waals surface area contributed by atoms with Gasteiger partial charge < -0.3 is 9.88 Å². The monoisotopic (exact) mass is 393 g/mol. The first-order chi connectivity index (χ1) is 13.9. The minimum Gasteiger partial charge on any atom is -0.350 e. The van der Waals surface area contributed by atoms with Crippen molar-refractivity contribution in [2.24, 2.45) is 0 Å². The third-order valence-corrected chi connectivity index (χ3v) is 4.86. The van der Waals surface area contributed by atoms with Gasteiger partial charge in [0.25, 0.3) is 5.56 Å². The molecule has 7 heteroatoms. The standard InChI is InChI=1S/C22H27N5O2/c1-16(2)18-6-7-20-19(13-18)22(29)27(15-24-20)11-8-21(28)25-17(3)5-4-10-26-12-9-23-14-26/h6-9,11-17H,4-5,10H2,1-3H3,(H,25,28)/b11-8+. The molecule has 1 atom stereocenters. The van der Waals surface area contributed by atoms with Crippen LogP contribution in [-0.4, -0.2) is 31.1 Å². The molecule has 0 spiro atoms. The van der Waals surface area contributed by atoms with E-state index in [4.69, 9.17) is 0 Å². The van der Waals surface area contributed by atoms with Gasteiger partial charge in [0.05, 0.1) is 17.2 Å². The van der Waals surface area contributed by atoms with Crippen molar-refractivity contribution in [3.8, 4) is 0 Å². The summed E-state index contributed by atoms with van der Waals surface area (Å²) >= 11 is 0. The first-order valence-corrected chi connectivity index (χ1v) is 9.89. The molecule has 3 aromatic rings. The number of imidazole rings is 1. The summed E-state index contributed by atoms with van der Waals surface area (Å²) in [5, 5.41) is 3.48. The maximum Gasteiger partial charge on any atom is 0.265 e. The van der Waals surface area contributed by atoms with E-state index in [9.17, 15) is 9.59 Å². The van der Waals surface area contributed by atoms with Gasteiger partial charge in [-0.25, -0.2) is 9.97 Å². The number of nitrogens with zero attached hydrogens (tertiary/aromatic N) is 4. The Morgan fingerprint density at radius 1 is 1.24 bits per heavy atom. The molecular weight excluding hydrogens is 366 g/mol. The number of rotatable bonds is 8. The highest BCUT2D eigenvalue weighted by molar-refractivity contribution is 5.90. The zero-order valence-electron chi connectivity index (χ0n) is 17.1. The zero-order chi connectivity index (χ0) is 20.8. The van der Waals surface area contributed by atoms with Gasteiger partial charge in [-0.3, -0.25) is 14.2 Å². The fourth-order valence-electron chi connectivity index (χ4n) is 3.13. The first-order valence-electron chi connectivity index (χ1n) is 9.89. The zero-order valence-corrected chi connectivity index (χ0v) is 17.1. The number of nitrogens with one attached hydrogen (secondary N) is 1. The summed E-state index contributed by atoms with van der Waals surface area (Å²) < 4.78 is 3.36. The third kappa shape index (κ3) is 5.40. The number of amides is 1. The Kier molecular flexibility index (Phi) is 6.59. The van der Waals surface area contributed by atoms with Crippen LogP contribution in [0.5, 0.6) is 0 Å². The van der Waals surface area contributed by atoms with Crippen LogP contribution in [0.3, 0.4) is 0 Å². The van der Waals surface area contributed by atoms with E-state index in [0.717, 1.165) is 24.9 Å². The normalized spacial score (nSPS) is 12.7. The molecular formula is C22H27N5O2. The van der Waals surface area contributed by atoms with Gasteiger partial charge in [0, 0.05) is 37.3 Å². The number of hydrogen-bond acceptors (Lipinski definition) is 4. The summed E-state index contributed by atoms with van der Waals surface area (Å²) in [4.78, 5) is 33.2. The Labute approximate surface area is 170 Å². The van der Waals surface area contributed by atoms with Crippen LogP contribution in [0.1, 0.15) is 45.1 Å². The second-order valence-corrected chi connectivity index (χ2v) is 7.56. The van der Waals surface area contributed by atoms with Gasteiger partial charge in [-0.15, -0.1) is 0 Å². The molecule has 0 saturated carbocycles. The molecule has 3 rings (SSSR count). The molecule has 29 heavy (non-hydrogen) atoms.